The van der Waals surface area contributed by atoms with Crippen LogP contribution in [-0.4, -0.2) is 56.0 Å². The maximum Gasteiger partial charge on any atom is 0.312 e. The Labute approximate surface area is 196 Å². The third-order valence-corrected chi connectivity index (χ3v) is 7.32. The minimum absolute atomic E-state index is 0.167. The summed E-state index contributed by atoms with van der Waals surface area (Å²) < 4.78 is 37.6. The first-order valence-corrected chi connectivity index (χ1v) is 12.0. The molecule has 3 aromatic rings. The molecule has 0 aliphatic carbocycles. The summed E-state index contributed by atoms with van der Waals surface area (Å²) in [6.45, 7) is 2.30. The molecule has 0 spiro atoms. The molecule has 1 saturated heterocycles. The van der Waals surface area contributed by atoms with Crippen LogP contribution in [0.4, 0.5) is 11.4 Å². The average molecular weight is 486 g/mol. The van der Waals surface area contributed by atoms with Gasteiger partial charge in [-0.2, -0.15) is 4.31 Å². The number of hydrogen-bond donors (Lipinski definition) is 1. The number of carbonyl (C=O) groups excluding carboxylic acids is 1. The molecule has 178 valence electrons. The molecule has 0 bridgehead atoms. The zero-order valence-electron chi connectivity index (χ0n) is 18.3. The van der Waals surface area contributed by atoms with E-state index in [4.69, 9.17) is 9.47 Å². The second-order valence-corrected chi connectivity index (χ2v) is 9.65. The molecule has 11 heteroatoms. The van der Waals surface area contributed by atoms with E-state index in [1.807, 2.05) is 36.4 Å². The number of nitro benzene ring substituents is 1. The SMILES string of the molecule is CC(Oc1ccc(S(=O)(=O)N2CCOCC2)cc1[N+](=O)[O-])C(=O)Nc1ccc2ccccc2c1. The van der Waals surface area contributed by atoms with Crippen molar-refractivity contribution in [3.63, 3.8) is 0 Å². The van der Waals surface area contributed by atoms with E-state index in [2.05, 4.69) is 5.32 Å². The van der Waals surface area contributed by atoms with Crippen molar-refractivity contribution in [1.29, 1.82) is 0 Å². The minimum atomic E-state index is -3.92. The summed E-state index contributed by atoms with van der Waals surface area (Å²) in [5.41, 5.74) is 0.0142. The van der Waals surface area contributed by atoms with Crippen LogP contribution in [0.5, 0.6) is 5.75 Å². The van der Waals surface area contributed by atoms with Crippen LogP contribution >= 0.6 is 0 Å². The van der Waals surface area contributed by atoms with Crippen LogP contribution in [0.2, 0.25) is 0 Å². The van der Waals surface area contributed by atoms with Crippen molar-refractivity contribution in [2.45, 2.75) is 17.9 Å². The number of anilines is 1. The quantitative estimate of drug-likeness (QED) is 0.402. The van der Waals surface area contributed by atoms with Crippen LogP contribution in [0.1, 0.15) is 6.92 Å². The van der Waals surface area contributed by atoms with Crippen molar-refractivity contribution in [3.8, 4) is 5.75 Å². The summed E-state index contributed by atoms with van der Waals surface area (Å²) >= 11 is 0. The largest absolute Gasteiger partial charge is 0.474 e. The summed E-state index contributed by atoms with van der Waals surface area (Å²) in [6, 6.07) is 16.5. The van der Waals surface area contributed by atoms with E-state index in [-0.39, 0.29) is 36.9 Å². The van der Waals surface area contributed by atoms with Gasteiger partial charge < -0.3 is 14.8 Å². The van der Waals surface area contributed by atoms with Crippen molar-refractivity contribution in [1.82, 2.24) is 4.31 Å². The number of nitro groups is 1. The predicted octanol–water partition coefficient (Wildman–Crippen LogP) is 3.17. The smallest absolute Gasteiger partial charge is 0.312 e. The second kappa shape index (κ2) is 9.75. The molecule has 1 fully saturated rings. The van der Waals surface area contributed by atoms with Gasteiger partial charge in [0.2, 0.25) is 10.0 Å². The van der Waals surface area contributed by atoms with Gasteiger partial charge in [0.15, 0.2) is 11.9 Å². The van der Waals surface area contributed by atoms with Gasteiger partial charge in [-0.25, -0.2) is 8.42 Å². The lowest BCUT2D eigenvalue weighted by molar-refractivity contribution is -0.386. The molecule has 10 nitrogen and oxygen atoms in total. The van der Waals surface area contributed by atoms with Crippen LogP contribution in [0.15, 0.2) is 65.6 Å². The van der Waals surface area contributed by atoms with E-state index < -0.39 is 32.6 Å². The lowest BCUT2D eigenvalue weighted by Gasteiger charge is -2.26. The fraction of sp³-hybridized carbons (Fsp3) is 0.261. The predicted molar refractivity (Wildman–Crippen MR) is 125 cm³/mol. The van der Waals surface area contributed by atoms with Gasteiger partial charge >= 0.3 is 5.69 Å². The maximum absolute atomic E-state index is 12.8. The number of nitrogens with zero attached hydrogens (tertiary/aromatic N) is 2. The lowest BCUT2D eigenvalue weighted by Crippen LogP contribution is -2.40. The number of nitrogens with one attached hydrogen (secondary N) is 1. The highest BCUT2D eigenvalue weighted by Gasteiger charge is 2.30. The zero-order chi connectivity index (χ0) is 24.3. The highest BCUT2D eigenvalue weighted by molar-refractivity contribution is 7.89. The van der Waals surface area contributed by atoms with Crippen molar-refractivity contribution in [2.75, 3.05) is 31.6 Å². The van der Waals surface area contributed by atoms with E-state index in [0.29, 0.717) is 5.69 Å². The third-order valence-electron chi connectivity index (χ3n) is 5.42. The Morgan fingerprint density at radius 3 is 2.50 bits per heavy atom. The topological polar surface area (TPSA) is 128 Å². The first kappa shape index (κ1) is 23.6. The molecule has 0 aromatic heterocycles. The third kappa shape index (κ3) is 5.01. The normalized spacial score (nSPS) is 15.6. The molecule has 34 heavy (non-hydrogen) atoms. The van der Waals surface area contributed by atoms with Crippen LogP contribution in [0.3, 0.4) is 0 Å². The molecule has 1 aliphatic heterocycles. The molecule has 0 saturated carbocycles. The highest BCUT2D eigenvalue weighted by atomic mass is 32.2. The Kier molecular flexibility index (Phi) is 6.77. The average Bonchev–Trinajstić information content (AvgIpc) is 2.84. The van der Waals surface area contributed by atoms with Gasteiger partial charge in [-0.1, -0.05) is 30.3 Å². The molecule has 1 atom stereocenters. The Morgan fingerprint density at radius 1 is 1.09 bits per heavy atom. The molecule has 1 unspecified atom stereocenters. The van der Waals surface area contributed by atoms with Gasteiger partial charge in [0.25, 0.3) is 5.91 Å². The highest BCUT2D eigenvalue weighted by Crippen LogP contribution is 2.32. The molecule has 0 radical (unpaired) electrons. The number of sulfonamides is 1. The number of hydrogen-bond acceptors (Lipinski definition) is 7. The molecule has 1 amide bonds. The Morgan fingerprint density at radius 2 is 1.79 bits per heavy atom. The molecular formula is C23H23N3O7S. The van der Waals surface area contributed by atoms with Gasteiger partial charge in [0.05, 0.1) is 23.0 Å². The molecule has 3 aromatic carbocycles. The van der Waals surface area contributed by atoms with Crippen LogP contribution in [0.25, 0.3) is 10.8 Å². The number of benzene rings is 3. The number of ether oxygens (including phenoxy) is 2. The first-order valence-electron chi connectivity index (χ1n) is 10.6. The van der Waals surface area contributed by atoms with E-state index in [0.717, 1.165) is 16.8 Å². The van der Waals surface area contributed by atoms with E-state index >= 15 is 0 Å². The van der Waals surface area contributed by atoms with E-state index in [1.54, 1.807) is 6.07 Å². The van der Waals surface area contributed by atoms with Gasteiger partial charge in [0, 0.05) is 24.8 Å². The lowest BCUT2D eigenvalue weighted by atomic mass is 10.1. The van der Waals surface area contributed by atoms with Crippen LogP contribution in [-0.2, 0) is 19.6 Å². The van der Waals surface area contributed by atoms with Crippen molar-refractivity contribution < 1.29 is 27.6 Å². The number of amides is 1. The Balaban J connectivity index is 1.51. The standard InChI is InChI=1S/C23H23N3O7S/c1-16(23(27)24-19-7-6-17-4-2-3-5-18(17)14-19)33-22-9-8-20(15-21(22)26(28)29)34(30,31)25-10-12-32-13-11-25/h2-9,14-16H,10-13H2,1H3,(H,24,27). The molecular weight excluding hydrogens is 462 g/mol. The Bertz CT molecular complexity index is 1340. The zero-order valence-corrected chi connectivity index (χ0v) is 19.2. The van der Waals surface area contributed by atoms with Crippen molar-refractivity contribution >= 4 is 38.1 Å². The molecule has 1 heterocycles. The fourth-order valence-corrected chi connectivity index (χ4v) is 5.02. The fourth-order valence-electron chi connectivity index (χ4n) is 3.59. The monoisotopic (exact) mass is 485 g/mol. The summed E-state index contributed by atoms with van der Waals surface area (Å²) in [5.74, 6) is -0.707. The summed E-state index contributed by atoms with van der Waals surface area (Å²) in [7, 11) is -3.92. The van der Waals surface area contributed by atoms with Gasteiger partial charge in [-0.3, -0.25) is 14.9 Å². The summed E-state index contributed by atoms with van der Waals surface area (Å²) in [5, 5.41) is 16.3. The van der Waals surface area contributed by atoms with Crippen molar-refractivity contribution in [2.24, 2.45) is 0 Å². The molecule has 4 rings (SSSR count). The minimum Gasteiger partial charge on any atom is -0.474 e. The summed E-state index contributed by atoms with van der Waals surface area (Å²) in [4.78, 5) is 23.3. The molecule has 1 aliphatic rings. The number of morpholine rings is 1. The number of rotatable bonds is 7. The Hall–Kier alpha value is -3.54. The van der Waals surface area contributed by atoms with Gasteiger partial charge in [-0.15, -0.1) is 0 Å². The number of carbonyl (C=O) groups is 1. The maximum atomic E-state index is 12.8. The summed E-state index contributed by atoms with van der Waals surface area (Å²) in [6.07, 6.45) is -1.08. The van der Waals surface area contributed by atoms with Gasteiger partial charge in [0.1, 0.15) is 0 Å². The molecule has 1 N–H and O–H groups in total. The van der Waals surface area contributed by atoms with Crippen LogP contribution in [0, 0.1) is 10.1 Å². The van der Waals surface area contributed by atoms with E-state index in [1.165, 1.54) is 23.4 Å². The van der Waals surface area contributed by atoms with Crippen LogP contribution < -0.4 is 10.1 Å². The second-order valence-electron chi connectivity index (χ2n) is 7.71. The van der Waals surface area contributed by atoms with E-state index in [9.17, 15) is 23.3 Å². The van der Waals surface area contributed by atoms with Gasteiger partial charge in [-0.05, 0) is 42.0 Å². The van der Waals surface area contributed by atoms with Crippen molar-refractivity contribution in [3.05, 3.63) is 70.8 Å². The number of fused-ring (bicyclic) bond motifs is 1. The first-order chi connectivity index (χ1) is 16.3.